The zero-order valence-corrected chi connectivity index (χ0v) is 14.5. The van der Waals surface area contributed by atoms with Gasteiger partial charge in [0, 0.05) is 24.9 Å². The maximum Gasteiger partial charge on any atom is 0.260 e. The number of hydrogen-bond donors (Lipinski definition) is 1. The van der Waals surface area contributed by atoms with Gasteiger partial charge in [-0.05, 0) is 25.7 Å². The fourth-order valence-electron chi connectivity index (χ4n) is 2.88. The lowest BCUT2D eigenvalue weighted by atomic mass is 10.1. The Balaban J connectivity index is 1.71. The number of anilines is 1. The summed E-state index contributed by atoms with van der Waals surface area (Å²) >= 11 is 0. The van der Waals surface area contributed by atoms with Gasteiger partial charge in [-0.1, -0.05) is 13.8 Å². The van der Waals surface area contributed by atoms with Gasteiger partial charge in [-0.2, -0.15) is 10.2 Å². The molecule has 1 aliphatic rings. The summed E-state index contributed by atoms with van der Waals surface area (Å²) in [5.74, 6) is 1.16. The summed E-state index contributed by atoms with van der Waals surface area (Å²) in [4.78, 5) is 12.6. The molecular weight excluding hydrogens is 306 g/mol. The quantitative estimate of drug-likeness (QED) is 0.883. The van der Waals surface area contributed by atoms with Crippen molar-refractivity contribution in [1.82, 2.24) is 19.6 Å². The number of ether oxygens (including phenoxy) is 1. The third-order valence-corrected chi connectivity index (χ3v) is 4.43. The summed E-state index contributed by atoms with van der Waals surface area (Å²) in [6.45, 7) is 8.50. The zero-order chi connectivity index (χ0) is 17.1. The molecule has 0 saturated carbocycles. The number of aryl methyl sites for hydroxylation is 1. The Hall–Kier alpha value is -2.15. The minimum absolute atomic E-state index is 0.149. The van der Waals surface area contributed by atoms with E-state index in [1.54, 1.807) is 12.4 Å². The highest BCUT2D eigenvalue weighted by atomic mass is 16.5. The highest BCUT2D eigenvalue weighted by Gasteiger charge is 2.22. The average Bonchev–Trinajstić information content (AvgIpc) is 3.25. The van der Waals surface area contributed by atoms with Crippen LogP contribution < -0.4 is 5.32 Å². The fourth-order valence-corrected chi connectivity index (χ4v) is 2.88. The number of carbonyl (C=O) groups is 1. The van der Waals surface area contributed by atoms with Crippen LogP contribution in [0.5, 0.6) is 0 Å². The van der Waals surface area contributed by atoms with Gasteiger partial charge in [0.25, 0.3) is 5.91 Å². The molecule has 0 aromatic carbocycles. The minimum Gasteiger partial charge on any atom is -0.379 e. The number of nitrogens with zero attached hydrogens (tertiary/aromatic N) is 4. The predicted octanol–water partition coefficient (Wildman–Crippen LogP) is 2.65. The summed E-state index contributed by atoms with van der Waals surface area (Å²) in [6, 6.07) is 2.00. The van der Waals surface area contributed by atoms with E-state index in [4.69, 9.17) is 4.74 Å². The van der Waals surface area contributed by atoms with Crippen molar-refractivity contribution in [3.8, 4) is 0 Å². The molecule has 1 atom stereocenters. The number of carbonyl (C=O) groups excluding carboxylic acids is 1. The van der Waals surface area contributed by atoms with Crippen LogP contribution in [0.2, 0.25) is 0 Å². The molecule has 7 nitrogen and oxygen atoms in total. The summed E-state index contributed by atoms with van der Waals surface area (Å²) in [5.41, 5.74) is 1.50. The molecule has 3 heterocycles. The number of hydrogen-bond acceptors (Lipinski definition) is 4. The topological polar surface area (TPSA) is 74.0 Å². The Morgan fingerprint density at radius 1 is 1.46 bits per heavy atom. The van der Waals surface area contributed by atoms with Crippen LogP contribution in [0.15, 0.2) is 18.5 Å². The first-order chi connectivity index (χ1) is 11.6. The summed E-state index contributed by atoms with van der Waals surface area (Å²) in [5, 5.41) is 11.6. The summed E-state index contributed by atoms with van der Waals surface area (Å²) < 4.78 is 9.14. The van der Waals surface area contributed by atoms with Crippen molar-refractivity contribution in [3.63, 3.8) is 0 Å². The summed E-state index contributed by atoms with van der Waals surface area (Å²) in [6.07, 6.45) is 5.30. The second-order valence-corrected chi connectivity index (χ2v) is 6.68. The minimum atomic E-state index is -0.149. The van der Waals surface area contributed by atoms with E-state index in [2.05, 4.69) is 29.4 Å². The highest BCUT2D eigenvalue weighted by molar-refractivity contribution is 6.04. The van der Waals surface area contributed by atoms with E-state index in [1.165, 1.54) is 0 Å². The van der Waals surface area contributed by atoms with Crippen molar-refractivity contribution in [2.45, 2.75) is 46.2 Å². The fraction of sp³-hybridized carbons (Fsp3) is 0.588. The normalized spacial score (nSPS) is 17.6. The van der Waals surface area contributed by atoms with Crippen LogP contribution in [-0.2, 0) is 11.3 Å². The molecule has 1 amide bonds. The Morgan fingerprint density at radius 2 is 2.29 bits per heavy atom. The molecule has 1 aliphatic heterocycles. The summed E-state index contributed by atoms with van der Waals surface area (Å²) in [7, 11) is 0. The van der Waals surface area contributed by atoms with Crippen molar-refractivity contribution < 1.29 is 9.53 Å². The van der Waals surface area contributed by atoms with Gasteiger partial charge in [0.15, 0.2) is 0 Å². The standard InChI is InChI=1S/C17H25N5O2/c1-12(2)5-8-21-13(3)15(10-19-21)17(23)20-16-4-7-18-22(16)14-6-9-24-11-14/h4,7,10,12,14H,5-6,8-9,11H2,1-3H3,(H,20,23). The Morgan fingerprint density at radius 3 is 3.00 bits per heavy atom. The molecule has 7 heteroatoms. The number of aromatic nitrogens is 4. The monoisotopic (exact) mass is 331 g/mol. The molecule has 1 fully saturated rings. The third-order valence-electron chi connectivity index (χ3n) is 4.43. The molecule has 3 rings (SSSR count). The van der Waals surface area contributed by atoms with Crippen molar-refractivity contribution in [1.29, 1.82) is 0 Å². The first-order valence-corrected chi connectivity index (χ1v) is 8.51. The molecule has 0 radical (unpaired) electrons. The van der Waals surface area contributed by atoms with Crippen molar-refractivity contribution in [2.24, 2.45) is 5.92 Å². The number of nitrogens with one attached hydrogen (secondary N) is 1. The molecule has 2 aromatic heterocycles. The molecule has 1 unspecified atom stereocenters. The van der Waals surface area contributed by atoms with Gasteiger partial charge in [-0.25, -0.2) is 4.68 Å². The van der Waals surface area contributed by atoms with E-state index >= 15 is 0 Å². The van der Waals surface area contributed by atoms with E-state index in [1.807, 2.05) is 22.4 Å². The van der Waals surface area contributed by atoms with Crippen molar-refractivity contribution in [2.75, 3.05) is 18.5 Å². The largest absolute Gasteiger partial charge is 0.379 e. The van der Waals surface area contributed by atoms with Gasteiger partial charge in [0.05, 0.1) is 30.6 Å². The first kappa shape index (κ1) is 16.7. The van der Waals surface area contributed by atoms with E-state index in [0.29, 0.717) is 23.9 Å². The average molecular weight is 331 g/mol. The van der Waals surface area contributed by atoms with Gasteiger partial charge >= 0.3 is 0 Å². The van der Waals surface area contributed by atoms with Crippen LogP contribution in [-0.4, -0.2) is 38.7 Å². The van der Waals surface area contributed by atoms with E-state index in [0.717, 1.165) is 31.7 Å². The zero-order valence-electron chi connectivity index (χ0n) is 14.5. The smallest absolute Gasteiger partial charge is 0.260 e. The van der Waals surface area contributed by atoms with Crippen molar-refractivity contribution >= 4 is 11.7 Å². The second kappa shape index (κ2) is 7.17. The van der Waals surface area contributed by atoms with E-state index in [-0.39, 0.29) is 11.9 Å². The van der Waals surface area contributed by atoms with Crippen LogP contribution in [0.25, 0.3) is 0 Å². The number of amides is 1. The molecular formula is C17H25N5O2. The van der Waals surface area contributed by atoms with Gasteiger partial charge in [0.2, 0.25) is 0 Å². The Labute approximate surface area is 142 Å². The lowest BCUT2D eigenvalue weighted by Gasteiger charge is -2.13. The Kier molecular flexibility index (Phi) is 4.99. The van der Waals surface area contributed by atoms with Gasteiger partial charge in [0.1, 0.15) is 5.82 Å². The second-order valence-electron chi connectivity index (χ2n) is 6.68. The van der Waals surface area contributed by atoms with E-state index in [9.17, 15) is 4.79 Å². The maximum atomic E-state index is 12.6. The van der Waals surface area contributed by atoms with Crippen LogP contribution >= 0.6 is 0 Å². The SMILES string of the molecule is Cc1c(C(=O)Nc2ccnn2C2CCOC2)cnn1CCC(C)C. The van der Waals surface area contributed by atoms with Gasteiger partial charge < -0.3 is 10.1 Å². The molecule has 1 N–H and O–H groups in total. The molecule has 130 valence electrons. The van der Waals surface area contributed by atoms with Crippen LogP contribution in [0.3, 0.4) is 0 Å². The van der Waals surface area contributed by atoms with Crippen molar-refractivity contribution in [3.05, 3.63) is 29.7 Å². The Bertz CT molecular complexity index is 698. The molecule has 0 bridgehead atoms. The van der Waals surface area contributed by atoms with Crippen LogP contribution in [0, 0.1) is 12.8 Å². The van der Waals surface area contributed by atoms with Crippen LogP contribution in [0.1, 0.15) is 48.8 Å². The van der Waals surface area contributed by atoms with Crippen LogP contribution in [0.4, 0.5) is 5.82 Å². The molecule has 2 aromatic rings. The lowest BCUT2D eigenvalue weighted by molar-refractivity contribution is 0.102. The first-order valence-electron chi connectivity index (χ1n) is 8.51. The lowest BCUT2D eigenvalue weighted by Crippen LogP contribution is -2.19. The van der Waals surface area contributed by atoms with Gasteiger partial charge in [-0.3, -0.25) is 9.48 Å². The molecule has 0 aliphatic carbocycles. The molecule has 1 saturated heterocycles. The van der Waals surface area contributed by atoms with Gasteiger partial charge in [-0.15, -0.1) is 0 Å². The highest BCUT2D eigenvalue weighted by Crippen LogP contribution is 2.23. The number of rotatable bonds is 6. The van der Waals surface area contributed by atoms with E-state index < -0.39 is 0 Å². The predicted molar refractivity (Wildman–Crippen MR) is 91.1 cm³/mol. The molecule has 24 heavy (non-hydrogen) atoms. The third kappa shape index (κ3) is 3.51. The maximum absolute atomic E-state index is 12.6. The molecule has 0 spiro atoms.